The largest absolute Gasteiger partial charge is 0.391 e. The summed E-state index contributed by atoms with van der Waals surface area (Å²) in [4.78, 5) is 4.06. The van der Waals surface area contributed by atoms with E-state index in [4.69, 9.17) is 0 Å². The number of aliphatic hydroxyl groups excluding tert-OH is 1. The molecule has 0 radical (unpaired) electrons. The van der Waals surface area contributed by atoms with Gasteiger partial charge >= 0.3 is 0 Å². The molecule has 0 saturated carbocycles. The first-order valence-electron chi connectivity index (χ1n) is 5.59. The van der Waals surface area contributed by atoms with Crippen LogP contribution in [0.25, 0.3) is 0 Å². The van der Waals surface area contributed by atoms with E-state index >= 15 is 0 Å². The number of fused-ring (bicyclic) bond motifs is 1. The molecule has 1 aromatic carbocycles. The molecule has 82 valence electrons. The number of hydrogen-bond acceptors (Lipinski definition) is 2. The van der Waals surface area contributed by atoms with Crippen molar-refractivity contribution in [2.75, 3.05) is 0 Å². The fourth-order valence-corrected chi connectivity index (χ4v) is 2.51. The molecule has 0 fully saturated rings. The highest BCUT2D eigenvalue weighted by atomic mass is 16.3. The zero-order chi connectivity index (χ0) is 11.0. The van der Waals surface area contributed by atoms with Gasteiger partial charge in [-0.1, -0.05) is 24.3 Å². The Morgan fingerprint density at radius 2 is 2.19 bits per heavy atom. The van der Waals surface area contributed by atoms with E-state index in [1.807, 2.05) is 16.8 Å². The van der Waals surface area contributed by atoms with Crippen LogP contribution in [0, 0.1) is 0 Å². The van der Waals surface area contributed by atoms with Crippen LogP contribution < -0.4 is 0 Å². The lowest BCUT2D eigenvalue weighted by molar-refractivity contribution is 0.113. The Kier molecular flexibility index (Phi) is 2.26. The van der Waals surface area contributed by atoms with Gasteiger partial charge in [0.05, 0.1) is 18.5 Å². The maximum Gasteiger partial charge on any atom is 0.0952 e. The Morgan fingerprint density at radius 1 is 1.31 bits per heavy atom. The summed E-state index contributed by atoms with van der Waals surface area (Å²) in [6.45, 7) is 0. The molecule has 16 heavy (non-hydrogen) atoms. The van der Waals surface area contributed by atoms with Gasteiger partial charge in [-0.3, -0.25) is 0 Å². The Morgan fingerprint density at radius 3 is 3.00 bits per heavy atom. The minimum Gasteiger partial charge on any atom is -0.391 e. The molecule has 1 heterocycles. The number of benzene rings is 1. The number of imidazole rings is 1. The standard InChI is InChI=1S/C13H14N2O/c16-12-6-5-10-3-1-2-4-11(10)13(12)15-8-7-14-9-15/h1-4,7-9,12-13,16H,5-6H2/t12-,13-/m0/s1. The molecule has 0 unspecified atom stereocenters. The van der Waals surface area contributed by atoms with Crippen LogP contribution in [-0.4, -0.2) is 20.8 Å². The van der Waals surface area contributed by atoms with Crippen LogP contribution in [-0.2, 0) is 6.42 Å². The third-order valence-electron chi connectivity index (χ3n) is 3.29. The van der Waals surface area contributed by atoms with E-state index in [1.165, 1.54) is 11.1 Å². The molecular weight excluding hydrogens is 200 g/mol. The molecule has 3 heteroatoms. The average Bonchev–Trinajstić information content (AvgIpc) is 2.82. The second-order valence-corrected chi connectivity index (χ2v) is 4.26. The summed E-state index contributed by atoms with van der Waals surface area (Å²) in [6, 6.07) is 8.35. The highest BCUT2D eigenvalue weighted by Gasteiger charge is 2.28. The molecule has 3 rings (SSSR count). The van der Waals surface area contributed by atoms with Gasteiger partial charge in [-0.2, -0.15) is 0 Å². The van der Waals surface area contributed by atoms with E-state index in [0.717, 1.165) is 12.8 Å². The summed E-state index contributed by atoms with van der Waals surface area (Å²) < 4.78 is 1.99. The molecule has 2 atom stereocenters. The number of aromatic nitrogens is 2. The molecule has 2 aromatic rings. The van der Waals surface area contributed by atoms with Gasteiger partial charge in [0.1, 0.15) is 0 Å². The maximum atomic E-state index is 10.1. The lowest BCUT2D eigenvalue weighted by atomic mass is 9.85. The molecule has 0 aliphatic heterocycles. The van der Waals surface area contributed by atoms with Crippen LogP contribution in [0.5, 0.6) is 0 Å². The van der Waals surface area contributed by atoms with Crippen LogP contribution in [0.2, 0.25) is 0 Å². The van der Waals surface area contributed by atoms with E-state index in [2.05, 4.69) is 23.2 Å². The SMILES string of the molecule is O[C@H]1CCc2ccccc2[C@@H]1n1ccnc1. The molecule has 0 bridgehead atoms. The van der Waals surface area contributed by atoms with Crippen LogP contribution in [0.4, 0.5) is 0 Å². The fourth-order valence-electron chi connectivity index (χ4n) is 2.51. The van der Waals surface area contributed by atoms with E-state index < -0.39 is 0 Å². The second kappa shape index (κ2) is 3.76. The second-order valence-electron chi connectivity index (χ2n) is 4.26. The zero-order valence-electron chi connectivity index (χ0n) is 8.95. The molecule has 1 aliphatic carbocycles. The van der Waals surface area contributed by atoms with Crippen molar-refractivity contribution in [3.63, 3.8) is 0 Å². The molecule has 0 amide bonds. The number of nitrogens with zero attached hydrogens (tertiary/aromatic N) is 2. The van der Waals surface area contributed by atoms with Crippen molar-refractivity contribution < 1.29 is 5.11 Å². The minimum absolute atomic E-state index is 0.0208. The van der Waals surface area contributed by atoms with Crippen molar-refractivity contribution in [2.45, 2.75) is 25.0 Å². The highest BCUT2D eigenvalue weighted by Crippen LogP contribution is 2.32. The Balaban J connectivity index is 2.10. The van der Waals surface area contributed by atoms with Gasteiger partial charge in [0.15, 0.2) is 0 Å². The molecule has 3 nitrogen and oxygen atoms in total. The summed E-state index contributed by atoms with van der Waals surface area (Å²) in [7, 11) is 0. The summed E-state index contributed by atoms with van der Waals surface area (Å²) in [6.07, 6.45) is 6.90. The number of aryl methyl sites for hydroxylation is 1. The fraction of sp³-hybridized carbons (Fsp3) is 0.308. The quantitative estimate of drug-likeness (QED) is 0.785. The van der Waals surface area contributed by atoms with E-state index in [9.17, 15) is 5.11 Å². The normalized spacial score (nSPS) is 24.1. The number of aliphatic hydroxyl groups is 1. The van der Waals surface area contributed by atoms with E-state index in [0.29, 0.717) is 0 Å². The van der Waals surface area contributed by atoms with Crippen molar-refractivity contribution in [1.29, 1.82) is 0 Å². The average molecular weight is 214 g/mol. The molecule has 1 N–H and O–H groups in total. The highest BCUT2D eigenvalue weighted by molar-refractivity contribution is 5.34. The van der Waals surface area contributed by atoms with Crippen LogP contribution in [0.1, 0.15) is 23.6 Å². The monoisotopic (exact) mass is 214 g/mol. The zero-order valence-corrected chi connectivity index (χ0v) is 8.95. The van der Waals surface area contributed by atoms with Crippen molar-refractivity contribution in [3.05, 3.63) is 54.1 Å². The third kappa shape index (κ3) is 1.44. The summed E-state index contributed by atoms with van der Waals surface area (Å²) in [5, 5.41) is 10.1. The van der Waals surface area contributed by atoms with Crippen molar-refractivity contribution in [3.8, 4) is 0 Å². The number of hydrogen-bond donors (Lipinski definition) is 1. The van der Waals surface area contributed by atoms with E-state index in [1.54, 1.807) is 12.5 Å². The first kappa shape index (κ1) is 9.60. The predicted molar refractivity (Wildman–Crippen MR) is 61.1 cm³/mol. The van der Waals surface area contributed by atoms with Gasteiger partial charge in [0.25, 0.3) is 0 Å². The van der Waals surface area contributed by atoms with Gasteiger partial charge in [-0.05, 0) is 24.0 Å². The van der Waals surface area contributed by atoms with Gasteiger partial charge in [-0.15, -0.1) is 0 Å². The third-order valence-corrected chi connectivity index (χ3v) is 3.29. The van der Waals surface area contributed by atoms with Gasteiger partial charge in [0.2, 0.25) is 0 Å². The van der Waals surface area contributed by atoms with Crippen LogP contribution in [0.15, 0.2) is 43.0 Å². The lowest BCUT2D eigenvalue weighted by Crippen LogP contribution is -2.29. The van der Waals surface area contributed by atoms with Crippen LogP contribution in [0.3, 0.4) is 0 Å². The minimum atomic E-state index is -0.316. The van der Waals surface area contributed by atoms with Crippen molar-refractivity contribution in [2.24, 2.45) is 0 Å². The van der Waals surface area contributed by atoms with Gasteiger partial charge in [0, 0.05) is 12.4 Å². The molecule has 1 aromatic heterocycles. The summed E-state index contributed by atoms with van der Waals surface area (Å²) in [5.74, 6) is 0. The first-order chi connectivity index (χ1) is 7.86. The molecule has 0 spiro atoms. The van der Waals surface area contributed by atoms with Crippen molar-refractivity contribution in [1.82, 2.24) is 9.55 Å². The Bertz CT molecular complexity index is 478. The Labute approximate surface area is 94.4 Å². The predicted octanol–water partition coefficient (Wildman–Crippen LogP) is 1.78. The smallest absolute Gasteiger partial charge is 0.0952 e. The lowest BCUT2D eigenvalue weighted by Gasteiger charge is -2.31. The maximum absolute atomic E-state index is 10.1. The summed E-state index contributed by atoms with van der Waals surface area (Å²) >= 11 is 0. The molecular formula is C13H14N2O. The summed E-state index contributed by atoms with van der Waals surface area (Å²) in [5.41, 5.74) is 2.56. The van der Waals surface area contributed by atoms with E-state index in [-0.39, 0.29) is 12.1 Å². The topological polar surface area (TPSA) is 38.0 Å². The Hall–Kier alpha value is -1.61. The molecule has 1 aliphatic rings. The van der Waals surface area contributed by atoms with Crippen LogP contribution >= 0.6 is 0 Å². The first-order valence-corrected chi connectivity index (χ1v) is 5.59. The number of rotatable bonds is 1. The van der Waals surface area contributed by atoms with Crippen molar-refractivity contribution >= 4 is 0 Å². The van der Waals surface area contributed by atoms with Gasteiger partial charge in [-0.25, -0.2) is 4.98 Å². The van der Waals surface area contributed by atoms with Gasteiger partial charge < -0.3 is 9.67 Å². The molecule has 0 saturated heterocycles.